The summed E-state index contributed by atoms with van der Waals surface area (Å²) in [5.74, 6) is 0.0977. The highest BCUT2D eigenvalue weighted by molar-refractivity contribution is 5.76. The number of nitrogens with one attached hydrogen (secondary N) is 2. The van der Waals surface area contributed by atoms with Crippen molar-refractivity contribution in [2.75, 3.05) is 46.4 Å². The van der Waals surface area contributed by atoms with E-state index >= 15 is 0 Å². The lowest BCUT2D eigenvalue weighted by Gasteiger charge is -2.31. The molecular formula is C16H31N3O2. The topological polar surface area (TPSA) is 53.6 Å². The minimum atomic E-state index is 0.0977. The molecule has 0 unspecified atom stereocenters. The zero-order chi connectivity index (χ0) is 15.5. The summed E-state index contributed by atoms with van der Waals surface area (Å²) in [7, 11) is 1.64. The van der Waals surface area contributed by atoms with Crippen LogP contribution < -0.4 is 10.6 Å². The van der Waals surface area contributed by atoms with Crippen molar-refractivity contribution in [3.63, 3.8) is 0 Å². The normalized spacial score (nSPS) is 16.7. The quantitative estimate of drug-likeness (QED) is 0.495. The van der Waals surface area contributed by atoms with Gasteiger partial charge < -0.3 is 15.4 Å². The van der Waals surface area contributed by atoms with Crippen molar-refractivity contribution >= 4 is 5.91 Å². The van der Waals surface area contributed by atoms with Crippen molar-refractivity contribution in [1.82, 2.24) is 15.5 Å². The van der Waals surface area contributed by atoms with Crippen LogP contribution in [0.4, 0.5) is 0 Å². The first-order chi connectivity index (χ1) is 10.1. The van der Waals surface area contributed by atoms with Gasteiger partial charge in [-0.15, -0.1) is 0 Å². The number of amides is 1. The van der Waals surface area contributed by atoms with Crippen LogP contribution in [0.3, 0.4) is 0 Å². The molecule has 0 aromatic carbocycles. The lowest BCUT2D eigenvalue weighted by molar-refractivity contribution is -0.121. The van der Waals surface area contributed by atoms with E-state index in [0.717, 1.165) is 26.2 Å². The molecule has 5 heteroatoms. The molecule has 1 rings (SSSR count). The largest absolute Gasteiger partial charge is 0.383 e. The van der Waals surface area contributed by atoms with Gasteiger partial charge in [-0.1, -0.05) is 11.6 Å². The Labute approximate surface area is 129 Å². The Morgan fingerprint density at radius 1 is 1.29 bits per heavy atom. The van der Waals surface area contributed by atoms with E-state index in [9.17, 15) is 4.79 Å². The van der Waals surface area contributed by atoms with Gasteiger partial charge in [-0.2, -0.15) is 0 Å². The molecule has 0 aromatic rings. The van der Waals surface area contributed by atoms with Crippen LogP contribution in [-0.2, 0) is 9.53 Å². The first kappa shape index (κ1) is 18.1. The highest BCUT2D eigenvalue weighted by Gasteiger charge is 2.17. The number of allylic oxidation sites excluding steroid dienone is 1. The fourth-order valence-corrected chi connectivity index (χ4v) is 2.40. The third-order valence-corrected chi connectivity index (χ3v) is 3.76. The summed E-state index contributed by atoms with van der Waals surface area (Å²) in [6.07, 6.45) is 5.17. The van der Waals surface area contributed by atoms with Gasteiger partial charge in [0.1, 0.15) is 0 Å². The van der Waals surface area contributed by atoms with Crippen LogP contribution in [0.5, 0.6) is 0 Å². The van der Waals surface area contributed by atoms with Crippen LogP contribution >= 0.6 is 0 Å². The smallest absolute Gasteiger partial charge is 0.221 e. The summed E-state index contributed by atoms with van der Waals surface area (Å²) in [6, 6.07) is 0.555. The average molecular weight is 297 g/mol. The van der Waals surface area contributed by atoms with Gasteiger partial charge in [0.25, 0.3) is 0 Å². The van der Waals surface area contributed by atoms with E-state index in [4.69, 9.17) is 4.74 Å². The van der Waals surface area contributed by atoms with Crippen LogP contribution in [0.1, 0.15) is 33.1 Å². The maximum Gasteiger partial charge on any atom is 0.221 e. The Morgan fingerprint density at radius 2 is 2.00 bits per heavy atom. The van der Waals surface area contributed by atoms with E-state index in [-0.39, 0.29) is 5.91 Å². The van der Waals surface area contributed by atoms with Crippen LogP contribution in [0.25, 0.3) is 0 Å². The number of methoxy groups -OCH3 is 1. The molecule has 1 fully saturated rings. The van der Waals surface area contributed by atoms with Crippen LogP contribution in [0.15, 0.2) is 11.6 Å². The molecule has 0 bridgehead atoms. The number of carbonyl (C=O) groups excluding carboxylic acids is 1. The SMILES string of the molecule is COCCNC(=O)CCNC1CCN(CC=C(C)C)CC1. The molecule has 122 valence electrons. The first-order valence-electron chi connectivity index (χ1n) is 7.96. The standard InChI is InChI=1S/C16H31N3O2/c1-14(2)5-10-19-11-6-15(7-12-19)17-8-4-16(20)18-9-13-21-3/h5,15,17H,4,6-13H2,1-3H3,(H,18,20). The molecule has 1 aliphatic rings. The molecule has 0 aliphatic carbocycles. The molecule has 0 aromatic heterocycles. The molecule has 1 amide bonds. The van der Waals surface area contributed by atoms with Crippen molar-refractivity contribution in [1.29, 1.82) is 0 Å². The number of likely N-dealkylation sites (tertiary alicyclic amines) is 1. The van der Waals surface area contributed by atoms with E-state index in [1.807, 2.05) is 0 Å². The third-order valence-electron chi connectivity index (χ3n) is 3.76. The van der Waals surface area contributed by atoms with Gasteiger partial charge in [-0.05, 0) is 39.8 Å². The summed E-state index contributed by atoms with van der Waals surface area (Å²) in [6.45, 7) is 9.57. The van der Waals surface area contributed by atoms with E-state index in [0.29, 0.717) is 25.6 Å². The number of nitrogens with zero attached hydrogens (tertiary/aromatic N) is 1. The Kier molecular flexibility index (Phi) is 9.30. The molecule has 1 saturated heterocycles. The van der Waals surface area contributed by atoms with E-state index in [1.54, 1.807) is 7.11 Å². The number of hydrogen-bond donors (Lipinski definition) is 2. The maximum absolute atomic E-state index is 11.5. The number of carbonyl (C=O) groups is 1. The zero-order valence-corrected chi connectivity index (χ0v) is 13.8. The van der Waals surface area contributed by atoms with Gasteiger partial charge in [0.15, 0.2) is 0 Å². The number of ether oxygens (including phenoxy) is 1. The molecule has 0 saturated carbocycles. The van der Waals surface area contributed by atoms with Crippen molar-refractivity contribution in [2.24, 2.45) is 0 Å². The van der Waals surface area contributed by atoms with Gasteiger partial charge >= 0.3 is 0 Å². The van der Waals surface area contributed by atoms with Gasteiger partial charge in [0.05, 0.1) is 6.61 Å². The van der Waals surface area contributed by atoms with Crippen molar-refractivity contribution in [3.05, 3.63) is 11.6 Å². The maximum atomic E-state index is 11.5. The van der Waals surface area contributed by atoms with Crippen LogP contribution in [0, 0.1) is 0 Å². The van der Waals surface area contributed by atoms with E-state index in [1.165, 1.54) is 18.4 Å². The third kappa shape index (κ3) is 8.86. The minimum Gasteiger partial charge on any atom is -0.383 e. The van der Waals surface area contributed by atoms with E-state index < -0.39 is 0 Å². The summed E-state index contributed by atoms with van der Waals surface area (Å²) < 4.78 is 4.90. The number of piperidine rings is 1. The van der Waals surface area contributed by atoms with Gasteiger partial charge in [0, 0.05) is 39.2 Å². The molecule has 0 spiro atoms. The Hall–Kier alpha value is -0.910. The Balaban J connectivity index is 2.05. The molecule has 0 radical (unpaired) electrons. The number of hydrogen-bond acceptors (Lipinski definition) is 4. The highest BCUT2D eigenvalue weighted by Crippen LogP contribution is 2.10. The summed E-state index contributed by atoms with van der Waals surface area (Å²) >= 11 is 0. The lowest BCUT2D eigenvalue weighted by Crippen LogP contribution is -2.43. The fourth-order valence-electron chi connectivity index (χ4n) is 2.40. The molecule has 21 heavy (non-hydrogen) atoms. The second-order valence-electron chi connectivity index (χ2n) is 5.90. The second-order valence-corrected chi connectivity index (χ2v) is 5.90. The minimum absolute atomic E-state index is 0.0977. The molecule has 0 atom stereocenters. The summed E-state index contributed by atoms with van der Waals surface area (Å²) in [5, 5.41) is 6.33. The predicted molar refractivity (Wildman–Crippen MR) is 86.4 cm³/mol. The molecular weight excluding hydrogens is 266 g/mol. The Morgan fingerprint density at radius 3 is 2.62 bits per heavy atom. The molecule has 1 aliphatic heterocycles. The molecule has 2 N–H and O–H groups in total. The Bertz CT molecular complexity index is 319. The molecule has 1 heterocycles. The van der Waals surface area contributed by atoms with Crippen molar-refractivity contribution in [3.8, 4) is 0 Å². The van der Waals surface area contributed by atoms with Gasteiger partial charge in [0.2, 0.25) is 5.91 Å². The lowest BCUT2D eigenvalue weighted by atomic mass is 10.0. The number of rotatable bonds is 9. The second kappa shape index (κ2) is 10.8. The van der Waals surface area contributed by atoms with Crippen LogP contribution in [-0.4, -0.2) is 63.3 Å². The average Bonchev–Trinajstić information content (AvgIpc) is 2.46. The monoisotopic (exact) mass is 297 g/mol. The van der Waals surface area contributed by atoms with E-state index in [2.05, 4.69) is 35.5 Å². The summed E-state index contributed by atoms with van der Waals surface area (Å²) in [5.41, 5.74) is 1.38. The summed E-state index contributed by atoms with van der Waals surface area (Å²) in [4.78, 5) is 14.0. The van der Waals surface area contributed by atoms with Gasteiger partial charge in [-0.3, -0.25) is 9.69 Å². The predicted octanol–water partition coefficient (Wildman–Crippen LogP) is 1.16. The van der Waals surface area contributed by atoms with Gasteiger partial charge in [-0.25, -0.2) is 0 Å². The van der Waals surface area contributed by atoms with Crippen molar-refractivity contribution < 1.29 is 9.53 Å². The molecule has 5 nitrogen and oxygen atoms in total. The van der Waals surface area contributed by atoms with Crippen LogP contribution in [0.2, 0.25) is 0 Å². The highest BCUT2D eigenvalue weighted by atomic mass is 16.5. The zero-order valence-electron chi connectivity index (χ0n) is 13.8. The first-order valence-corrected chi connectivity index (χ1v) is 7.96. The van der Waals surface area contributed by atoms with Crippen molar-refractivity contribution in [2.45, 2.75) is 39.2 Å². The fraction of sp³-hybridized carbons (Fsp3) is 0.812.